The number of ether oxygens (including phenoxy) is 1. The Kier molecular flexibility index (Phi) is 2.39. The molecule has 0 atom stereocenters. The summed E-state index contributed by atoms with van der Waals surface area (Å²) in [6, 6.07) is 0. The van der Waals surface area contributed by atoms with Crippen LogP contribution in [0.2, 0.25) is 0 Å². The minimum atomic E-state index is 0.683. The molecule has 0 aromatic carbocycles. The van der Waals surface area contributed by atoms with Crippen LogP contribution in [0.5, 0.6) is 0 Å². The standard InChI is InChI=1S/C6H11N3O/c1-6-5-9(8-7-6)3-4-10-2/h5H,3-4H2,1-2H3. The first-order valence-electron chi connectivity index (χ1n) is 3.18. The maximum absolute atomic E-state index is 4.87. The van der Waals surface area contributed by atoms with Gasteiger partial charge in [-0.25, -0.2) is 4.68 Å². The smallest absolute Gasteiger partial charge is 0.0796 e. The fourth-order valence-electron chi connectivity index (χ4n) is 0.689. The van der Waals surface area contributed by atoms with Gasteiger partial charge >= 0.3 is 0 Å². The molecule has 0 saturated heterocycles. The van der Waals surface area contributed by atoms with Crippen molar-refractivity contribution in [2.24, 2.45) is 0 Å². The molecule has 0 N–H and O–H groups in total. The Labute approximate surface area is 59.8 Å². The van der Waals surface area contributed by atoms with Crippen LogP contribution in [0.4, 0.5) is 0 Å². The highest BCUT2D eigenvalue weighted by atomic mass is 16.5. The minimum Gasteiger partial charge on any atom is -0.383 e. The van der Waals surface area contributed by atoms with E-state index < -0.39 is 0 Å². The summed E-state index contributed by atoms with van der Waals surface area (Å²) in [5.41, 5.74) is 0.941. The van der Waals surface area contributed by atoms with E-state index in [0.29, 0.717) is 6.61 Å². The van der Waals surface area contributed by atoms with Gasteiger partial charge in [0, 0.05) is 13.3 Å². The molecular weight excluding hydrogens is 130 g/mol. The van der Waals surface area contributed by atoms with Gasteiger partial charge in [-0.2, -0.15) is 0 Å². The molecule has 1 aromatic rings. The summed E-state index contributed by atoms with van der Waals surface area (Å²) in [6.45, 7) is 3.37. The van der Waals surface area contributed by atoms with Crippen LogP contribution >= 0.6 is 0 Å². The van der Waals surface area contributed by atoms with Crippen LogP contribution in [0.1, 0.15) is 5.69 Å². The Hall–Kier alpha value is -0.900. The molecule has 4 nitrogen and oxygen atoms in total. The third-order valence-corrected chi connectivity index (χ3v) is 1.18. The SMILES string of the molecule is COCCn1cc(C)nn1. The Morgan fingerprint density at radius 3 is 3.00 bits per heavy atom. The number of nitrogens with zero attached hydrogens (tertiary/aromatic N) is 3. The third-order valence-electron chi connectivity index (χ3n) is 1.18. The van der Waals surface area contributed by atoms with Gasteiger partial charge in [0.25, 0.3) is 0 Å². The average Bonchev–Trinajstić information content (AvgIpc) is 2.31. The van der Waals surface area contributed by atoms with Crippen molar-refractivity contribution in [3.8, 4) is 0 Å². The van der Waals surface area contributed by atoms with Crippen LogP contribution in [0.15, 0.2) is 6.20 Å². The zero-order chi connectivity index (χ0) is 7.40. The van der Waals surface area contributed by atoms with Crippen molar-refractivity contribution in [3.05, 3.63) is 11.9 Å². The first kappa shape index (κ1) is 7.21. The molecule has 0 aliphatic heterocycles. The van der Waals surface area contributed by atoms with Crippen LogP contribution in [-0.4, -0.2) is 28.7 Å². The predicted molar refractivity (Wildman–Crippen MR) is 36.6 cm³/mol. The number of aryl methyl sites for hydroxylation is 1. The summed E-state index contributed by atoms with van der Waals surface area (Å²) < 4.78 is 6.63. The molecule has 0 radical (unpaired) electrons. The second-order valence-corrected chi connectivity index (χ2v) is 2.12. The number of methoxy groups -OCH3 is 1. The van der Waals surface area contributed by atoms with Crippen LogP contribution in [0.25, 0.3) is 0 Å². The van der Waals surface area contributed by atoms with Crippen LogP contribution in [0, 0.1) is 6.92 Å². The van der Waals surface area contributed by atoms with E-state index in [-0.39, 0.29) is 0 Å². The van der Waals surface area contributed by atoms with Crippen molar-refractivity contribution >= 4 is 0 Å². The van der Waals surface area contributed by atoms with Gasteiger partial charge in [-0.1, -0.05) is 5.21 Å². The summed E-state index contributed by atoms with van der Waals surface area (Å²) in [7, 11) is 1.67. The van der Waals surface area contributed by atoms with E-state index in [1.54, 1.807) is 11.8 Å². The highest BCUT2D eigenvalue weighted by Crippen LogP contribution is 1.88. The van der Waals surface area contributed by atoms with Gasteiger partial charge in [0.05, 0.1) is 18.8 Å². The topological polar surface area (TPSA) is 39.9 Å². The van der Waals surface area contributed by atoms with E-state index in [9.17, 15) is 0 Å². The fraction of sp³-hybridized carbons (Fsp3) is 0.667. The number of hydrogen-bond donors (Lipinski definition) is 0. The minimum absolute atomic E-state index is 0.683. The molecule has 0 bridgehead atoms. The van der Waals surface area contributed by atoms with Crippen molar-refractivity contribution in [1.82, 2.24) is 15.0 Å². The largest absolute Gasteiger partial charge is 0.383 e. The second-order valence-electron chi connectivity index (χ2n) is 2.12. The highest BCUT2D eigenvalue weighted by molar-refractivity contribution is 4.86. The summed E-state index contributed by atoms with van der Waals surface area (Å²) >= 11 is 0. The molecule has 0 aliphatic rings. The molecule has 1 heterocycles. The zero-order valence-corrected chi connectivity index (χ0v) is 6.24. The Morgan fingerprint density at radius 2 is 2.50 bits per heavy atom. The summed E-state index contributed by atoms with van der Waals surface area (Å²) in [6.07, 6.45) is 1.89. The zero-order valence-electron chi connectivity index (χ0n) is 6.24. The van der Waals surface area contributed by atoms with E-state index in [1.165, 1.54) is 0 Å². The molecular formula is C6H11N3O. The molecule has 0 fully saturated rings. The quantitative estimate of drug-likeness (QED) is 0.605. The first-order valence-corrected chi connectivity index (χ1v) is 3.18. The van der Waals surface area contributed by atoms with Crippen molar-refractivity contribution < 1.29 is 4.74 Å². The molecule has 0 amide bonds. The summed E-state index contributed by atoms with van der Waals surface area (Å²) in [5.74, 6) is 0. The van der Waals surface area contributed by atoms with Gasteiger partial charge in [-0.3, -0.25) is 0 Å². The molecule has 1 aromatic heterocycles. The molecule has 1 rings (SSSR count). The van der Waals surface area contributed by atoms with Gasteiger partial charge in [0.2, 0.25) is 0 Å². The van der Waals surface area contributed by atoms with E-state index in [2.05, 4.69) is 10.3 Å². The fourth-order valence-corrected chi connectivity index (χ4v) is 0.689. The Bertz CT molecular complexity index is 197. The maximum atomic E-state index is 4.87. The van der Waals surface area contributed by atoms with Crippen molar-refractivity contribution in [3.63, 3.8) is 0 Å². The van der Waals surface area contributed by atoms with Crippen LogP contribution in [-0.2, 0) is 11.3 Å². The normalized spacial score (nSPS) is 10.2. The molecule has 0 unspecified atom stereocenters. The van der Waals surface area contributed by atoms with Gasteiger partial charge < -0.3 is 4.74 Å². The average molecular weight is 141 g/mol. The number of hydrogen-bond acceptors (Lipinski definition) is 3. The molecule has 10 heavy (non-hydrogen) atoms. The van der Waals surface area contributed by atoms with Crippen molar-refractivity contribution in [2.45, 2.75) is 13.5 Å². The Balaban J connectivity index is 2.42. The first-order chi connectivity index (χ1) is 4.83. The van der Waals surface area contributed by atoms with Crippen molar-refractivity contribution in [1.29, 1.82) is 0 Å². The van der Waals surface area contributed by atoms with Crippen molar-refractivity contribution in [2.75, 3.05) is 13.7 Å². The molecule has 4 heteroatoms. The molecule has 0 spiro atoms. The van der Waals surface area contributed by atoms with Gasteiger partial charge in [-0.05, 0) is 6.92 Å². The van der Waals surface area contributed by atoms with Crippen LogP contribution in [0.3, 0.4) is 0 Å². The second kappa shape index (κ2) is 3.31. The molecule has 0 saturated carbocycles. The summed E-state index contributed by atoms with van der Waals surface area (Å²) in [4.78, 5) is 0. The Morgan fingerprint density at radius 1 is 1.70 bits per heavy atom. The van der Waals surface area contributed by atoms with Crippen LogP contribution < -0.4 is 0 Å². The van der Waals surface area contributed by atoms with E-state index in [0.717, 1.165) is 12.2 Å². The van der Waals surface area contributed by atoms with Gasteiger partial charge in [0.1, 0.15) is 0 Å². The number of rotatable bonds is 3. The van der Waals surface area contributed by atoms with E-state index in [1.807, 2.05) is 13.1 Å². The van der Waals surface area contributed by atoms with E-state index in [4.69, 9.17) is 4.74 Å². The lowest BCUT2D eigenvalue weighted by Gasteiger charge is -1.95. The lowest BCUT2D eigenvalue weighted by atomic mass is 10.5. The maximum Gasteiger partial charge on any atom is 0.0796 e. The number of aromatic nitrogens is 3. The van der Waals surface area contributed by atoms with E-state index >= 15 is 0 Å². The lowest BCUT2D eigenvalue weighted by molar-refractivity contribution is 0.183. The molecule has 0 aliphatic carbocycles. The van der Waals surface area contributed by atoms with Gasteiger partial charge in [0.15, 0.2) is 0 Å². The van der Waals surface area contributed by atoms with Gasteiger partial charge in [-0.15, -0.1) is 5.10 Å². The monoisotopic (exact) mass is 141 g/mol. The summed E-state index contributed by atoms with van der Waals surface area (Å²) in [5, 5.41) is 7.67. The predicted octanol–water partition coefficient (Wildman–Crippen LogP) is 0.233. The molecule has 56 valence electrons. The third kappa shape index (κ3) is 1.80. The highest BCUT2D eigenvalue weighted by Gasteiger charge is 1.92. The lowest BCUT2D eigenvalue weighted by Crippen LogP contribution is -2.04.